The van der Waals surface area contributed by atoms with Crippen LogP contribution in [0.4, 0.5) is 0 Å². The lowest BCUT2D eigenvalue weighted by Gasteiger charge is -2.16. The quantitative estimate of drug-likeness (QED) is 0.265. The molecule has 1 aliphatic rings. The first-order valence-electron chi connectivity index (χ1n) is 8.80. The number of benzene rings is 1. The number of carboxylic acids is 2. The molecule has 11 heteroatoms. The van der Waals surface area contributed by atoms with E-state index in [-0.39, 0.29) is 36.4 Å². The summed E-state index contributed by atoms with van der Waals surface area (Å²) in [6, 6.07) is 5.20. The van der Waals surface area contributed by atoms with Crippen molar-refractivity contribution in [3.8, 4) is 0 Å². The molecule has 1 aromatic rings. The largest absolute Gasteiger partial charge is 0.478 e. The highest BCUT2D eigenvalue weighted by Gasteiger charge is 2.13. The van der Waals surface area contributed by atoms with Crippen LogP contribution in [0.15, 0.2) is 36.4 Å². The topological polar surface area (TPSA) is 199 Å². The van der Waals surface area contributed by atoms with Gasteiger partial charge >= 0.3 is 23.9 Å². The van der Waals surface area contributed by atoms with Gasteiger partial charge in [0.05, 0.1) is 37.1 Å². The predicted octanol–water partition coefficient (Wildman–Crippen LogP) is 0.0657. The van der Waals surface area contributed by atoms with Gasteiger partial charge in [0.1, 0.15) is 0 Å². The van der Waals surface area contributed by atoms with Crippen molar-refractivity contribution in [2.45, 2.75) is 26.9 Å². The molecule has 1 aromatic carbocycles. The summed E-state index contributed by atoms with van der Waals surface area (Å²) in [5.74, 6) is -3.41. The number of carboxylic acid groups (broad SMARTS) is 2. The molecule has 0 amide bonds. The summed E-state index contributed by atoms with van der Waals surface area (Å²) in [6.45, 7) is 5.08. The van der Waals surface area contributed by atoms with E-state index in [9.17, 15) is 19.2 Å². The molecular weight excluding hydrogens is 416 g/mol. The highest BCUT2D eigenvalue weighted by atomic mass is 16.6. The number of aliphatic hydroxyl groups excluding tert-OH is 4. The number of carbonyl (C=O) groups excluding carboxylic acids is 2. The maximum atomic E-state index is 10.4. The molecule has 6 N–H and O–H groups in total. The van der Waals surface area contributed by atoms with Crippen LogP contribution in [0, 0.1) is 5.41 Å². The van der Waals surface area contributed by atoms with Crippen molar-refractivity contribution in [2.75, 3.05) is 19.8 Å². The second-order valence-electron chi connectivity index (χ2n) is 6.78. The summed E-state index contributed by atoms with van der Waals surface area (Å²) in [6.07, 6.45) is 1.61. The van der Waals surface area contributed by atoms with Crippen molar-refractivity contribution < 1.29 is 54.6 Å². The highest BCUT2D eigenvalue weighted by molar-refractivity contribution is 6.04. The van der Waals surface area contributed by atoms with E-state index in [0.717, 1.165) is 18.2 Å². The summed E-state index contributed by atoms with van der Waals surface area (Å²) in [7, 11) is 0. The molecule has 0 spiro atoms. The van der Waals surface area contributed by atoms with Gasteiger partial charge in [0.15, 0.2) is 0 Å². The molecule has 2 rings (SSSR count). The van der Waals surface area contributed by atoms with Crippen molar-refractivity contribution in [2.24, 2.45) is 5.41 Å². The zero-order valence-corrected chi connectivity index (χ0v) is 17.4. The van der Waals surface area contributed by atoms with Crippen LogP contribution in [0.1, 0.15) is 41.5 Å². The Morgan fingerprint density at radius 1 is 0.935 bits per heavy atom. The molecule has 0 aromatic heterocycles. The van der Waals surface area contributed by atoms with Crippen molar-refractivity contribution in [1.29, 1.82) is 0 Å². The molecule has 11 nitrogen and oxygen atoms in total. The van der Waals surface area contributed by atoms with Gasteiger partial charge in [-0.05, 0) is 25.1 Å². The van der Waals surface area contributed by atoms with E-state index in [4.69, 9.17) is 30.6 Å². The lowest BCUT2D eigenvalue weighted by Crippen LogP contribution is -2.20. The molecule has 0 fully saturated rings. The second kappa shape index (κ2) is 15.7. The molecule has 1 atom stereocenters. The second-order valence-corrected chi connectivity index (χ2v) is 6.78. The number of ether oxygens (including phenoxy) is 1. The minimum absolute atomic E-state index is 0.0186. The van der Waals surface area contributed by atoms with E-state index in [2.05, 4.69) is 4.74 Å². The standard InChI is InChI=1S/C8H6O4.C5H12O2.C4H2O3.C3H8O2/c9-7(10)5-2-1-3-6(4-5)8(11)12;1-5(2,3-6)4-7;5-3-1-2-4(6)7-3;1-3(5)2-4/h1-4H,(H,9,10)(H,11,12);6-7H,3-4H2,1-2H3;1-2H;3-5H,2H2,1H3. The zero-order valence-electron chi connectivity index (χ0n) is 17.4. The van der Waals surface area contributed by atoms with Gasteiger partial charge < -0.3 is 35.4 Å². The summed E-state index contributed by atoms with van der Waals surface area (Å²) in [5.41, 5.74) is -0.343. The van der Waals surface area contributed by atoms with E-state index >= 15 is 0 Å². The Labute approximate surface area is 178 Å². The first-order chi connectivity index (χ1) is 14.3. The van der Waals surface area contributed by atoms with Crippen molar-refractivity contribution >= 4 is 23.9 Å². The molecule has 174 valence electrons. The SMILES string of the molecule is CC(C)(CO)CO.CC(O)CO.O=C(O)c1cccc(C(=O)O)c1.O=C1C=CC(=O)O1. The maximum Gasteiger partial charge on any atom is 0.338 e. The number of hydrogen-bond donors (Lipinski definition) is 6. The Balaban J connectivity index is 0. The minimum Gasteiger partial charge on any atom is -0.478 e. The van der Waals surface area contributed by atoms with Crippen LogP contribution < -0.4 is 0 Å². The Morgan fingerprint density at radius 2 is 1.29 bits per heavy atom. The Bertz CT molecular complexity index is 700. The fourth-order valence-electron chi connectivity index (χ4n) is 1.14. The van der Waals surface area contributed by atoms with Crippen molar-refractivity contribution in [3.63, 3.8) is 0 Å². The first-order valence-corrected chi connectivity index (χ1v) is 8.80. The van der Waals surface area contributed by atoms with Crippen LogP contribution in [-0.4, -0.2) is 80.4 Å². The lowest BCUT2D eigenvalue weighted by molar-refractivity contribution is -0.150. The van der Waals surface area contributed by atoms with Gasteiger partial charge in [-0.25, -0.2) is 19.2 Å². The Kier molecular flexibility index (Phi) is 15.2. The fraction of sp³-hybridized carbons (Fsp3) is 0.400. The fourth-order valence-corrected chi connectivity index (χ4v) is 1.14. The van der Waals surface area contributed by atoms with E-state index < -0.39 is 30.0 Å². The molecule has 0 radical (unpaired) electrons. The molecule has 0 saturated heterocycles. The molecular formula is C20H28O11. The highest BCUT2D eigenvalue weighted by Crippen LogP contribution is 2.10. The van der Waals surface area contributed by atoms with Crippen molar-refractivity contribution in [3.05, 3.63) is 47.5 Å². The monoisotopic (exact) mass is 444 g/mol. The third kappa shape index (κ3) is 16.4. The predicted molar refractivity (Wildman–Crippen MR) is 107 cm³/mol. The van der Waals surface area contributed by atoms with E-state index in [0.29, 0.717) is 0 Å². The van der Waals surface area contributed by atoms with E-state index in [1.54, 1.807) is 13.8 Å². The van der Waals surface area contributed by atoms with Gasteiger partial charge in [0, 0.05) is 17.6 Å². The Morgan fingerprint density at radius 3 is 1.45 bits per heavy atom. The number of carbonyl (C=O) groups is 4. The normalized spacial score (nSPS) is 12.7. The number of aliphatic hydroxyl groups is 4. The summed E-state index contributed by atoms with van der Waals surface area (Å²) in [5, 5.41) is 49.9. The van der Waals surface area contributed by atoms with Crippen molar-refractivity contribution in [1.82, 2.24) is 0 Å². The number of rotatable bonds is 5. The molecule has 31 heavy (non-hydrogen) atoms. The molecule has 0 saturated carbocycles. The minimum atomic E-state index is -1.13. The van der Waals surface area contributed by atoms with E-state index in [1.807, 2.05) is 0 Å². The lowest BCUT2D eigenvalue weighted by atomic mass is 9.97. The van der Waals surface area contributed by atoms with Crippen LogP contribution in [-0.2, 0) is 14.3 Å². The zero-order chi connectivity index (χ0) is 24.6. The van der Waals surface area contributed by atoms with Crippen LogP contribution in [0.2, 0.25) is 0 Å². The number of esters is 2. The van der Waals surface area contributed by atoms with Gasteiger partial charge in [0.2, 0.25) is 0 Å². The third-order valence-corrected chi connectivity index (χ3v) is 3.03. The van der Waals surface area contributed by atoms with Gasteiger partial charge in [-0.15, -0.1) is 0 Å². The smallest absolute Gasteiger partial charge is 0.338 e. The van der Waals surface area contributed by atoms with Crippen LogP contribution in [0.5, 0.6) is 0 Å². The molecule has 1 unspecified atom stereocenters. The maximum absolute atomic E-state index is 10.4. The van der Waals surface area contributed by atoms with Gasteiger partial charge in [0.25, 0.3) is 0 Å². The molecule has 1 heterocycles. The first kappa shape index (κ1) is 30.1. The van der Waals surface area contributed by atoms with Crippen LogP contribution >= 0.6 is 0 Å². The summed E-state index contributed by atoms with van der Waals surface area (Å²) in [4.78, 5) is 40.6. The average Bonchev–Trinajstić information content (AvgIpc) is 3.12. The van der Waals surface area contributed by atoms with Gasteiger partial charge in [-0.2, -0.15) is 0 Å². The molecule has 0 bridgehead atoms. The third-order valence-electron chi connectivity index (χ3n) is 3.03. The number of aromatic carboxylic acids is 2. The Hall–Kier alpha value is -3.12. The van der Waals surface area contributed by atoms with Gasteiger partial charge in [-0.1, -0.05) is 19.9 Å². The molecule has 1 aliphatic heterocycles. The van der Waals surface area contributed by atoms with Gasteiger partial charge in [-0.3, -0.25) is 0 Å². The van der Waals surface area contributed by atoms with Crippen LogP contribution in [0.3, 0.4) is 0 Å². The number of hydrogen-bond acceptors (Lipinski definition) is 9. The molecule has 0 aliphatic carbocycles. The average molecular weight is 444 g/mol. The number of cyclic esters (lactones) is 2. The van der Waals surface area contributed by atoms with Crippen LogP contribution in [0.25, 0.3) is 0 Å². The summed E-state index contributed by atoms with van der Waals surface area (Å²) < 4.78 is 3.97. The van der Waals surface area contributed by atoms with E-state index in [1.165, 1.54) is 25.1 Å². The summed E-state index contributed by atoms with van der Waals surface area (Å²) >= 11 is 0.